The van der Waals surface area contributed by atoms with E-state index in [1.54, 1.807) is 24.3 Å². The predicted octanol–water partition coefficient (Wildman–Crippen LogP) is 5.09. The molecule has 2 amide bonds. The van der Waals surface area contributed by atoms with E-state index in [-0.39, 0.29) is 23.9 Å². The lowest BCUT2D eigenvalue weighted by Gasteiger charge is -2.43. The Labute approximate surface area is 188 Å². The molecule has 3 aromatic rings. The summed E-state index contributed by atoms with van der Waals surface area (Å²) >= 11 is 0. The molecule has 0 aromatic heterocycles. The molecule has 0 N–H and O–H groups in total. The Morgan fingerprint density at radius 3 is 1.62 bits per heavy atom. The van der Waals surface area contributed by atoms with Crippen molar-refractivity contribution in [1.82, 2.24) is 9.80 Å². The lowest BCUT2D eigenvalue weighted by molar-refractivity contribution is 0.0615. The van der Waals surface area contributed by atoms with Crippen molar-refractivity contribution in [3.63, 3.8) is 0 Å². The van der Waals surface area contributed by atoms with Gasteiger partial charge in [0.05, 0.1) is 23.2 Å². The second-order valence-electron chi connectivity index (χ2n) is 8.62. The van der Waals surface area contributed by atoms with E-state index < -0.39 is 0 Å². The number of imide groups is 1. The number of carbonyl (C=O) groups is 2. The molecular formula is C28H26N2O2. The van der Waals surface area contributed by atoms with Gasteiger partial charge in [0, 0.05) is 13.1 Å². The summed E-state index contributed by atoms with van der Waals surface area (Å²) in [7, 11) is 0. The highest BCUT2D eigenvalue weighted by Crippen LogP contribution is 2.36. The molecule has 4 nitrogen and oxygen atoms in total. The summed E-state index contributed by atoms with van der Waals surface area (Å²) in [6, 6.07) is 28.1. The molecule has 4 heteroatoms. The smallest absolute Gasteiger partial charge is 0.262 e. The van der Waals surface area contributed by atoms with Crippen LogP contribution < -0.4 is 0 Å². The van der Waals surface area contributed by atoms with Crippen molar-refractivity contribution < 1.29 is 9.59 Å². The molecule has 0 radical (unpaired) electrons. The zero-order valence-corrected chi connectivity index (χ0v) is 18.4. The van der Waals surface area contributed by atoms with Gasteiger partial charge in [0.25, 0.3) is 11.8 Å². The van der Waals surface area contributed by atoms with Crippen LogP contribution in [0.4, 0.5) is 0 Å². The van der Waals surface area contributed by atoms with Crippen LogP contribution in [0.15, 0.2) is 96.1 Å². The van der Waals surface area contributed by atoms with Crippen molar-refractivity contribution in [2.75, 3.05) is 13.1 Å². The Bertz CT molecular complexity index is 1120. The number of likely N-dealkylation sites (tertiary alicyclic amines) is 1. The molecular weight excluding hydrogens is 396 g/mol. The molecule has 2 heterocycles. The Hall–Kier alpha value is -3.50. The maximum atomic E-state index is 12.9. The van der Waals surface area contributed by atoms with E-state index in [2.05, 4.69) is 60.4 Å². The van der Waals surface area contributed by atoms with Crippen LogP contribution in [0, 0.1) is 0 Å². The van der Waals surface area contributed by atoms with Gasteiger partial charge in [-0.05, 0) is 48.3 Å². The molecule has 2 aliphatic rings. The first-order valence-corrected chi connectivity index (χ1v) is 11.1. The van der Waals surface area contributed by atoms with Gasteiger partial charge in [0.1, 0.15) is 0 Å². The Morgan fingerprint density at radius 2 is 1.16 bits per heavy atom. The van der Waals surface area contributed by atoms with Crippen LogP contribution in [0.25, 0.3) is 0 Å². The number of fused-ring (bicyclic) bond motifs is 1. The fourth-order valence-corrected chi connectivity index (χ4v) is 4.81. The Morgan fingerprint density at radius 1 is 0.719 bits per heavy atom. The molecule has 0 aliphatic carbocycles. The Kier molecular flexibility index (Phi) is 5.24. The molecule has 1 fully saturated rings. The van der Waals surface area contributed by atoms with Crippen molar-refractivity contribution in [3.05, 3.63) is 118 Å². The van der Waals surface area contributed by atoms with Gasteiger partial charge in [-0.2, -0.15) is 0 Å². The first kappa shape index (κ1) is 20.4. The molecule has 1 saturated heterocycles. The zero-order chi connectivity index (χ0) is 22.2. The van der Waals surface area contributed by atoms with Crippen LogP contribution in [0.2, 0.25) is 0 Å². The number of carbonyl (C=O) groups excluding carboxylic acids is 2. The third-order valence-corrected chi connectivity index (χ3v) is 6.78. The SMILES string of the molecule is CC(=C1CN(C(c2ccccc2)c2ccccc2)C1)C(C)N1C(=O)c2ccccc2C1=O. The highest BCUT2D eigenvalue weighted by molar-refractivity contribution is 6.21. The lowest BCUT2D eigenvalue weighted by Crippen LogP contribution is -2.46. The Balaban J connectivity index is 1.38. The molecule has 5 rings (SSSR count). The number of hydrogen-bond acceptors (Lipinski definition) is 3. The van der Waals surface area contributed by atoms with Gasteiger partial charge in [-0.1, -0.05) is 72.8 Å². The van der Waals surface area contributed by atoms with E-state index in [4.69, 9.17) is 0 Å². The van der Waals surface area contributed by atoms with Gasteiger partial charge in [-0.25, -0.2) is 0 Å². The van der Waals surface area contributed by atoms with Gasteiger partial charge < -0.3 is 0 Å². The highest BCUT2D eigenvalue weighted by atomic mass is 16.2. The first-order valence-electron chi connectivity index (χ1n) is 11.1. The number of nitrogens with zero attached hydrogens (tertiary/aromatic N) is 2. The number of rotatable bonds is 5. The fraction of sp³-hybridized carbons (Fsp3) is 0.214. The zero-order valence-electron chi connectivity index (χ0n) is 18.4. The van der Waals surface area contributed by atoms with Gasteiger partial charge >= 0.3 is 0 Å². The summed E-state index contributed by atoms with van der Waals surface area (Å²) in [6.07, 6.45) is 0. The number of amides is 2. The third kappa shape index (κ3) is 3.37. The molecule has 0 bridgehead atoms. The molecule has 3 aromatic carbocycles. The van der Waals surface area contributed by atoms with Crippen molar-refractivity contribution in [2.24, 2.45) is 0 Å². The highest BCUT2D eigenvalue weighted by Gasteiger charge is 2.40. The topological polar surface area (TPSA) is 40.6 Å². The number of hydrogen-bond donors (Lipinski definition) is 0. The molecule has 0 saturated carbocycles. The number of benzene rings is 3. The van der Waals surface area contributed by atoms with Crippen LogP contribution in [-0.4, -0.2) is 40.7 Å². The largest absolute Gasteiger partial charge is 0.284 e. The van der Waals surface area contributed by atoms with Gasteiger partial charge in [-0.3, -0.25) is 19.4 Å². The van der Waals surface area contributed by atoms with E-state index in [1.165, 1.54) is 21.6 Å². The first-order chi connectivity index (χ1) is 15.6. The van der Waals surface area contributed by atoms with Crippen LogP contribution >= 0.6 is 0 Å². The van der Waals surface area contributed by atoms with Gasteiger partial charge in [-0.15, -0.1) is 0 Å². The van der Waals surface area contributed by atoms with E-state index in [1.807, 2.05) is 19.1 Å². The van der Waals surface area contributed by atoms with Crippen molar-refractivity contribution >= 4 is 11.8 Å². The van der Waals surface area contributed by atoms with E-state index in [0.717, 1.165) is 18.7 Å². The minimum atomic E-state index is -0.258. The molecule has 2 aliphatic heterocycles. The minimum Gasteiger partial charge on any atom is -0.284 e. The third-order valence-electron chi connectivity index (χ3n) is 6.78. The molecule has 1 unspecified atom stereocenters. The summed E-state index contributed by atoms with van der Waals surface area (Å²) < 4.78 is 0. The average molecular weight is 423 g/mol. The van der Waals surface area contributed by atoms with Gasteiger partial charge in [0.15, 0.2) is 0 Å². The van der Waals surface area contributed by atoms with Crippen molar-refractivity contribution in [1.29, 1.82) is 0 Å². The van der Waals surface area contributed by atoms with E-state index >= 15 is 0 Å². The van der Waals surface area contributed by atoms with Crippen molar-refractivity contribution in [2.45, 2.75) is 25.9 Å². The molecule has 160 valence electrons. The fourth-order valence-electron chi connectivity index (χ4n) is 4.81. The quantitative estimate of drug-likeness (QED) is 0.425. The second-order valence-corrected chi connectivity index (χ2v) is 8.62. The standard InChI is InChI=1S/C28H26N2O2/c1-19(20(2)30-27(31)24-15-9-10-16-25(24)28(30)32)23-17-29(18-23)26(21-11-5-3-6-12-21)22-13-7-4-8-14-22/h3-16,20,26H,17-18H2,1-2H3. The van der Waals surface area contributed by atoms with Crippen LogP contribution in [0.5, 0.6) is 0 Å². The summed E-state index contributed by atoms with van der Waals surface area (Å²) in [4.78, 5) is 29.7. The second kappa shape index (κ2) is 8.21. The lowest BCUT2D eigenvalue weighted by atomic mass is 9.90. The van der Waals surface area contributed by atoms with Gasteiger partial charge in [0.2, 0.25) is 0 Å². The van der Waals surface area contributed by atoms with Crippen LogP contribution in [0.1, 0.15) is 51.7 Å². The molecule has 32 heavy (non-hydrogen) atoms. The summed E-state index contributed by atoms with van der Waals surface area (Å²) in [5.74, 6) is -0.388. The van der Waals surface area contributed by atoms with E-state index in [0.29, 0.717) is 11.1 Å². The molecule has 1 atom stereocenters. The normalized spacial score (nSPS) is 16.8. The molecule has 0 spiro atoms. The predicted molar refractivity (Wildman–Crippen MR) is 125 cm³/mol. The maximum Gasteiger partial charge on any atom is 0.262 e. The average Bonchev–Trinajstić information content (AvgIpc) is 3.06. The monoisotopic (exact) mass is 422 g/mol. The van der Waals surface area contributed by atoms with Crippen LogP contribution in [-0.2, 0) is 0 Å². The van der Waals surface area contributed by atoms with Crippen molar-refractivity contribution in [3.8, 4) is 0 Å². The maximum absolute atomic E-state index is 12.9. The van der Waals surface area contributed by atoms with Crippen LogP contribution in [0.3, 0.4) is 0 Å². The van der Waals surface area contributed by atoms with E-state index in [9.17, 15) is 9.59 Å². The summed E-state index contributed by atoms with van der Waals surface area (Å²) in [6.45, 7) is 5.67. The minimum absolute atomic E-state index is 0.184. The summed E-state index contributed by atoms with van der Waals surface area (Å²) in [5.41, 5.74) is 5.95. The summed E-state index contributed by atoms with van der Waals surface area (Å²) in [5, 5.41) is 0.